The number of hydrogen-bond acceptors (Lipinski definition) is 7. The van der Waals surface area contributed by atoms with E-state index in [1.165, 1.54) is 11.1 Å². The maximum atomic E-state index is 6.26. The zero-order valence-corrected chi connectivity index (χ0v) is 22.4. The van der Waals surface area contributed by atoms with Crippen LogP contribution in [0.15, 0.2) is 124 Å². The van der Waals surface area contributed by atoms with E-state index in [-0.39, 0.29) is 12.1 Å². The normalized spacial score (nSPS) is 18.0. The molecule has 2 aliphatic rings. The van der Waals surface area contributed by atoms with Gasteiger partial charge in [0.05, 0.1) is 23.2 Å². The Balaban J connectivity index is 1.14. The lowest BCUT2D eigenvalue weighted by Crippen LogP contribution is -2.09. The van der Waals surface area contributed by atoms with Crippen molar-refractivity contribution >= 4 is 11.8 Å². The monoisotopic (exact) mass is 540 g/mol. The van der Waals surface area contributed by atoms with E-state index in [2.05, 4.69) is 34.5 Å². The first kappa shape index (κ1) is 25.0. The van der Waals surface area contributed by atoms with Gasteiger partial charge in [-0.2, -0.15) is 0 Å². The zero-order chi connectivity index (χ0) is 27.4. The van der Waals surface area contributed by atoms with Crippen LogP contribution in [0, 0.1) is 0 Å². The summed E-state index contributed by atoms with van der Waals surface area (Å²) in [5.41, 5.74) is 5.70. The summed E-state index contributed by atoms with van der Waals surface area (Å²) < 4.78 is 18.3. The Labute approximate surface area is 238 Å². The van der Waals surface area contributed by atoms with Crippen molar-refractivity contribution < 1.29 is 13.9 Å². The Kier molecular flexibility index (Phi) is 6.83. The molecule has 7 rings (SSSR count). The molecular formula is C34H28N4O3. The predicted octanol–water partition coefficient (Wildman–Crippen LogP) is 6.18. The van der Waals surface area contributed by atoms with Gasteiger partial charge in [0.15, 0.2) is 0 Å². The minimum Gasteiger partial charge on any atom is -0.475 e. The minimum absolute atomic E-state index is 0.0588. The van der Waals surface area contributed by atoms with Crippen LogP contribution in [-0.4, -0.2) is 47.3 Å². The molecule has 0 aliphatic carbocycles. The van der Waals surface area contributed by atoms with Crippen molar-refractivity contribution in [3.8, 4) is 22.9 Å². The molecule has 41 heavy (non-hydrogen) atoms. The summed E-state index contributed by atoms with van der Waals surface area (Å²) in [7, 11) is 0. The number of rotatable bonds is 8. The third-order valence-electron chi connectivity index (χ3n) is 7.25. The van der Waals surface area contributed by atoms with Crippen LogP contribution in [0.3, 0.4) is 0 Å². The van der Waals surface area contributed by atoms with Gasteiger partial charge in [0, 0.05) is 11.1 Å². The predicted molar refractivity (Wildman–Crippen MR) is 158 cm³/mol. The standard InChI is InChI=1S/C34H28N4O3/c1-3-11-23(12-4-1)19-25-21-39-31(35-25)27-15-7-9-17-29(27)33-37-38-34(41-33)30-18-10-8-16-28(30)32-36-26(22-40-32)20-24-13-5-2-6-14-24/h1-18,25-26H,19-22H2/t25-,26-/m0/s1. The molecule has 5 aromatic rings. The molecular weight excluding hydrogens is 512 g/mol. The fraction of sp³-hybridized carbons (Fsp3) is 0.176. The van der Waals surface area contributed by atoms with Crippen LogP contribution in [0.4, 0.5) is 0 Å². The number of ether oxygens (including phenoxy) is 2. The number of benzene rings is 4. The van der Waals surface area contributed by atoms with E-state index >= 15 is 0 Å². The van der Waals surface area contributed by atoms with Crippen molar-refractivity contribution in [1.82, 2.24) is 10.2 Å². The van der Waals surface area contributed by atoms with E-state index in [4.69, 9.17) is 23.9 Å². The summed E-state index contributed by atoms with van der Waals surface area (Å²) in [6.45, 7) is 1.07. The second-order valence-corrected chi connectivity index (χ2v) is 10.2. The lowest BCUT2D eigenvalue weighted by Gasteiger charge is -2.06. The maximum Gasteiger partial charge on any atom is 0.248 e. The van der Waals surface area contributed by atoms with Gasteiger partial charge < -0.3 is 13.9 Å². The molecule has 4 aromatic carbocycles. The van der Waals surface area contributed by atoms with E-state index in [0.29, 0.717) is 36.8 Å². The first-order valence-corrected chi connectivity index (χ1v) is 13.8. The van der Waals surface area contributed by atoms with Gasteiger partial charge in [0.1, 0.15) is 13.2 Å². The smallest absolute Gasteiger partial charge is 0.248 e. The van der Waals surface area contributed by atoms with Gasteiger partial charge in [-0.25, -0.2) is 9.98 Å². The summed E-state index contributed by atoms with van der Waals surface area (Å²) in [4.78, 5) is 9.76. The quantitative estimate of drug-likeness (QED) is 0.235. The second kappa shape index (κ2) is 11.2. The van der Waals surface area contributed by atoms with Crippen molar-refractivity contribution in [2.75, 3.05) is 13.2 Å². The zero-order valence-electron chi connectivity index (χ0n) is 22.4. The molecule has 1 aromatic heterocycles. The summed E-state index contributed by atoms with van der Waals surface area (Å²) in [6, 6.07) is 36.5. The fourth-order valence-corrected chi connectivity index (χ4v) is 5.26. The highest BCUT2D eigenvalue weighted by atomic mass is 16.5. The van der Waals surface area contributed by atoms with Crippen molar-refractivity contribution in [1.29, 1.82) is 0 Å². The highest BCUT2D eigenvalue weighted by Crippen LogP contribution is 2.31. The van der Waals surface area contributed by atoms with Crippen LogP contribution in [0.2, 0.25) is 0 Å². The molecule has 3 heterocycles. The first-order chi connectivity index (χ1) is 20.3. The Morgan fingerprint density at radius 3 is 1.32 bits per heavy atom. The Hall–Kier alpha value is -5.04. The first-order valence-electron chi connectivity index (χ1n) is 13.8. The van der Waals surface area contributed by atoms with Gasteiger partial charge in [-0.15, -0.1) is 10.2 Å². The van der Waals surface area contributed by atoms with E-state index in [1.54, 1.807) is 0 Å². The molecule has 0 N–H and O–H groups in total. The van der Waals surface area contributed by atoms with Gasteiger partial charge >= 0.3 is 0 Å². The minimum atomic E-state index is 0.0588. The van der Waals surface area contributed by atoms with Gasteiger partial charge in [-0.3, -0.25) is 0 Å². The van der Waals surface area contributed by atoms with Crippen molar-refractivity contribution in [3.05, 3.63) is 131 Å². The van der Waals surface area contributed by atoms with E-state index in [0.717, 1.165) is 35.1 Å². The molecule has 0 spiro atoms. The SMILES string of the molecule is c1ccc(C[C@H]2COC(c3ccccc3-c3nnc(-c4ccccc4C4=N[C@@H](Cc5ccccc5)CO4)o3)=N2)cc1. The lowest BCUT2D eigenvalue weighted by molar-refractivity contribution is 0.317. The highest BCUT2D eigenvalue weighted by molar-refractivity contribution is 6.02. The topological polar surface area (TPSA) is 82.1 Å². The Morgan fingerprint density at radius 1 is 0.488 bits per heavy atom. The second-order valence-electron chi connectivity index (χ2n) is 10.2. The Morgan fingerprint density at radius 2 is 0.878 bits per heavy atom. The van der Waals surface area contributed by atoms with Crippen LogP contribution < -0.4 is 0 Å². The molecule has 7 nitrogen and oxygen atoms in total. The van der Waals surface area contributed by atoms with Crippen molar-refractivity contribution in [3.63, 3.8) is 0 Å². The molecule has 2 aliphatic heterocycles. The molecule has 0 unspecified atom stereocenters. The molecule has 0 saturated heterocycles. The third-order valence-corrected chi connectivity index (χ3v) is 7.25. The molecule has 0 saturated carbocycles. The number of aliphatic imine (C=N–C) groups is 2. The average molecular weight is 541 g/mol. The van der Waals surface area contributed by atoms with Gasteiger partial charge in [0.2, 0.25) is 23.6 Å². The van der Waals surface area contributed by atoms with E-state index in [1.807, 2.05) is 84.9 Å². The van der Waals surface area contributed by atoms with Crippen molar-refractivity contribution in [2.24, 2.45) is 9.98 Å². The van der Waals surface area contributed by atoms with E-state index < -0.39 is 0 Å². The maximum absolute atomic E-state index is 6.26. The van der Waals surface area contributed by atoms with Crippen LogP contribution in [-0.2, 0) is 22.3 Å². The molecule has 202 valence electrons. The number of aromatic nitrogens is 2. The summed E-state index contributed by atoms with van der Waals surface area (Å²) in [5, 5.41) is 8.82. The number of nitrogens with zero attached hydrogens (tertiary/aromatic N) is 4. The third kappa shape index (κ3) is 5.39. The van der Waals surface area contributed by atoms with Crippen LogP contribution >= 0.6 is 0 Å². The molecule has 7 heteroatoms. The van der Waals surface area contributed by atoms with Crippen LogP contribution in [0.5, 0.6) is 0 Å². The summed E-state index contributed by atoms with van der Waals surface area (Å²) in [5.74, 6) is 2.00. The largest absolute Gasteiger partial charge is 0.475 e. The molecule has 0 amide bonds. The molecule has 0 bridgehead atoms. The summed E-state index contributed by atoms with van der Waals surface area (Å²) in [6.07, 6.45) is 1.65. The highest BCUT2D eigenvalue weighted by Gasteiger charge is 2.27. The van der Waals surface area contributed by atoms with Crippen LogP contribution in [0.25, 0.3) is 22.9 Å². The molecule has 2 atom stereocenters. The molecule has 0 radical (unpaired) electrons. The van der Waals surface area contributed by atoms with Gasteiger partial charge in [-0.05, 0) is 48.2 Å². The molecule has 0 fully saturated rings. The van der Waals surface area contributed by atoms with Gasteiger partial charge in [-0.1, -0.05) is 84.9 Å². The lowest BCUT2D eigenvalue weighted by atomic mass is 10.1. The van der Waals surface area contributed by atoms with Gasteiger partial charge in [0.25, 0.3) is 0 Å². The van der Waals surface area contributed by atoms with Crippen LogP contribution in [0.1, 0.15) is 22.3 Å². The van der Waals surface area contributed by atoms with Crippen molar-refractivity contribution in [2.45, 2.75) is 24.9 Å². The van der Waals surface area contributed by atoms with E-state index in [9.17, 15) is 0 Å². The number of hydrogen-bond donors (Lipinski definition) is 0. The Bertz CT molecular complexity index is 1590. The average Bonchev–Trinajstić information content (AvgIpc) is 3.80. The fourth-order valence-electron chi connectivity index (χ4n) is 5.26. The summed E-state index contributed by atoms with van der Waals surface area (Å²) >= 11 is 0.